The molecule has 8 heteroatoms. The Balaban J connectivity index is 2.25. The number of nitrogens with one attached hydrogen (secondary N) is 2. The number of amides is 2. The van der Waals surface area contributed by atoms with E-state index in [-0.39, 0.29) is 0 Å². The number of nitrogens with zero attached hydrogens (tertiary/aromatic N) is 2. The number of carboxylic acids is 1. The summed E-state index contributed by atoms with van der Waals surface area (Å²) < 4.78 is 4.53. The van der Waals surface area contributed by atoms with Crippen LogP contribution in [0.25, 0.3) is 0 Å². The van der Waals surface area contributed by atoms with E-state index in [9.17, 15) is 9.59 Å². The Bertz CT molecular complexity index is 379. The molecule has 100 valence electrons. The van der Waals surface area contributed by atoms with Gasteiger partial charge in [-0.3, -0.25) is 0 Å². The molecule has 2 amide bonds. The van der Waals surface area contributed by atoms with Crippen LogP contribution in [0, 0.1) is 0 Å². The van der Waals surface area contributed by atoms with E-state index in [1.165, 1.54) is 6.39 Å². The number of urea groups is 1. The van der Waals surface area contributed by atoms with Gasteiger partial charge in [-0.05, 0) is 6.42 Å². The molecule has 1 aromatic heterocycles. The first-order chi connectivity index (χ1) is 8.63. The molecule has 0 fully saturated rings. The zero-order chi connectivity index (χ0) is 13.4. The highest BCUT2D eigenvalue weighted by Gasteiger charge is 2.18. The van der Waals surface area contributed by atoms with Crippen molar-refractivity contribution in [2.75, 3.05) is 6.54 Å². The van der Waals surface area contributed by atoms with Crippen molar-refractivity contribution in [1.29, 1.82) is 0 Å². The Morgan fingerprint density at radius 1 is 1.56 bits per heavy atom. The van der Waals surface area contributed by atoms with Crippen molar-refractivity contribution >= 4 is 12.0 Å². The fraction of sp³-hybridized carbons (Fsp3) is 0.600. The van der Waals surface area contributed by atoms with Crippen LogP contribution in [0.5, 0.6) is 0 Å². The lowest BCUT2D eigenvalue weighted by atomic mass is 10.2. The van der Waals surface area contributed by atoms with Gasteiger partial charge in [-0.1, -0.05) is 18.5 Å². The molecule has 1 heterocycles. The predicted molar refractivity (Wildman–Crippen MR) is 60.9 cm³/mol. The highest BCUT2D eigenvalue weighted by atomic mass is 16.5. The van der Waals surface area contributed by atoms with Gasteiger partial charge in [0.05, 0.1) is 0 Å². The average Bonchev–Trinajstić information content (AvgIpc) is 2.81. The van der Waals surface area contributed by atoms with Gasteiger partial charge in [-0.15, -0.1) is 0 Å². The molecule has 0 aliphatic heterocycles. The summed E-state index contributed by atoms with van der Waals surface area (Å²) in [6.07, 6.45) is 2.71. The van der Waals surface area contributed by atoms with Crippen LogP contribution in [0.15, 0.2) is 10.9 Å². The molecule has 0 aliphatic rings. The summed E-state index contributed by atoms with van der Waals surface area (Å²) in [5.74, 6) is -0.552. The van der Waals surface area contributed by atoms with Crippen molar-refractivity contribution in [1.82, 2.24) is 20.8 Å². The quantitative estimate of drug-likeness (QED) is 0.640. The molecular weight excluding hydrogens is 240 g/mol. The maximum absolute atomic E-state index is 11.4. The first kappa shape index (κ1) is 13.9. The Hall–Kier alpha value is -2.12. The number of carboxylic acid groups (broad SMARTS) is 1. The van der Waals surface area contributed by atoms with Crippen LogP contribution >= 0.6 is 0 Å². The van der Waals surface area contributed by atoms with Crippen molar-refractivity contribution in [3.8, 4) is 0 Å². The number of aliphatic carboxylic acids is 1. The fourth-order valence-electron chi connectivity index (χ4n) is 1.35. The van der Waals surface area contributed by atoms with Crippen LogP contribution in [-0.4, -0.2) is 39.8 Å². The van der Waals surface area contributed by atoms with E-state index in [1.807, 2.05) is 6.92 Å². The molecule has 18 heavy (non-hydrogen) atoms. The average molecular weight is 256 g/mol. The topological polar surface area (TPSA) is 117 Å². The van der Waals surface area contributed by atoms with Crippen LogP contribution in [0.1, 0.15) is 25.6 Å². The molecule has 1 aromatic rings. The van der Waals surface area contributed by atoms with E-state index in [0.717, 1.165) is 0 Å². The van der Waals surface area contributed by atoms with Crippen molar-refractivity contribution in [2.24, 2.45) is 0 Å². The number of aromatic nitrogens is 2. The first-order valence-electron chi connectivity index (χ1n) is 5.66. The molecule has 8 nitrogen and oxygen atoms in total. The number of rotatable bonds is 7. The number of carbonyl (C=O) groups excluding carboxylic acids is 1. The van der Waals surface area contributed by atoms with Gasteiger partial charge >= 0.3 is 12.0 Å². The van der Waals surface area contributed by atoms with Gasteiger partial charge in [-0.2, -0.15) is 4.98 Å². The van der Waals surface area contributed by atoms with E-state index in [1.54, 1.807) is 0 Å². The molecule has 1 atom stereocenters. The molecule has 3 N–H and O–H groups in total. The van der Waals surface area contributed by atoms with Gasteiger partial charge in [0.1, 0.15) is 6.04 Å². The van der Waals surface area contributed by atoms with Gasteiger partial charge in [0.15, 0.2) is 5.82 Å². The molecule has 0 spiro atoms. The lowest BCUT2D eigenvalue weighted by Gasteiger charge is -2.13. The maximum Gasteiger partial charge on any atom is 0.326 e. The van der Waals surface area contributed by atoms with Crippen LogP contribution < -0.4 is 10.6 Å². The van der Waals surface area contributed by atoms with Crippen molar-refractivity contribution in [3.63, 3.8) is 0 Å². The minimum Gasteiger partial charge on any atom is -0.480 e. The van der Waals surface area contributed by atoms with Gasteiger partial charge < -0.3 is 20.3 Å². The van der Waals surface area contributed by atoms with Crippen molar-refractivity contribution in [2.45, 2.75) is 32.2 Å². The fourth-order valence-corrected chi connectivity index (χ4v) is 1.35. The second-order valence-corrected chi connectivity index (χ2v) is 3.68. The lowest BCUT2D eigenvalue weighted by Crippen LogP contribution is -2.46. The smallest absolute Gasteiger partial charge is 0.326 e. The largest absolute Gasteiger partial charge is 0.480 e. The molecule has 0 aliphatic carbocycles. The third-order valence-corrected chi connectivity index (χ3v) is 2.22. The normalized spacial score (nSPS) is 11.8. The lowest BCUT2D eigenvalue weighted by molar-refractivity contribution is -0.139. The summed E-state index contributed by atoms with van der Waals surface area (Å²) in [5.41, 5.74) is 0. The van der Waals surface area contributed by atoms with E-state index in [4.69, 9.17) is 5.11 Å². The van der Waals surface area contributed by atoms with E-state index >= 15 is 0 Å². The van der Waals surface area contributed by atoms with Gasteiger partial charge in [0.25, 0.3) is 0 Å². The Morgan fingerprint density at radius 2 is 2.33 bits per heavy atom. The minimum absolute atomic E-state index is 0.309. The number of hydrogen-bond donors (Lipinski definition) is 3. The van der Waals surface area contributed by atoms with Gasteiger partial charge in [-0.25, -0.2) is 9.59 Å². The number of hydrogen-bond acceptors (Lipinski definition) is 5. The predicted octanol–water partition coefficient (Wildman–Crippen LogP) is 0.165. The summed E-state index contributed by atoms with van der Waals surface area (Å²) in [4.78, 5) is 26.0. The second kappa shape index (κ2) is 7.25. The van der Waals surface area contributed by atoms with Crippen LogP contribution in [0.3, 0.4) is 0 Å². The Kier molecular flexibility index (Phi) is 5.62. The van der Waals surface area contributed by atoms with E-state index < -0.39 is 18.0 Å². The van der Waals surface area contributed by atoms with E-state index in [0.29, 0.717) is 31.6 Å². The first-order valence-corrected chi connectivity index (χ1v) is 5.66. The number of carbonyl (C=O) groups is 2. The highest BCUT2D eigenvalue weighted by molar-refractivity contribution is 5.82. The highest BCUT2D eigenvalue weighted by Crippen LogP contribution is 1.96. The third-order valence-electron chi connectivity index (χ3n) is 2.22. The molecule has 1 unspecified atom stereocenters. The standard InChI is InChI=1S/C10H16N4O4/c1-2-3-7(9(15)16)13-10(17)11-5-4-8-12-6-18-14-8/h6-7H,2-5H2,1H3,(H,15,16)(H2,11,13,17). The summed E-state index contributed by atoms with van der Waals surface area (Å²) in [5, 5.41) is 17.3. The Labute approximate surface area is 104 Å². The van der Waals surface area contributed by atoms with Crippen LogP contribution in [0.4, 0.5) is 4.79 Å². The zero-order valence-electron chi connectivity index (χ0n) is 10.0. The summed E-state index contributed by atoms with van der Waals surface area (Å²) >= 11 is 0. The van der Waals surface area contributed by atoms with Gasteiger partial charge in [0.2, 0.25) is 6.39 Å². The summed E-state index contributed by atoms with van der Waals surface area (Å²) in [6, 6.07) is -1.38. The summed E-state index contributed by atoms with van der Waals surface area (Å²) in [7, 11) is 0. The van der Waals surface area contributed by atoms with E-state index in [2.05, 4.69) is 25.3 Å². The molecule has 0 bridgehead atoms. The molecule has 0 radical (unpaired) electrons. The monoisotopic (exact) mass is 256 g/mol. The van der Waals surface area contributed by atoms with Gasteiger partial charge in [0, 0.05) is 13.0 Å². The molecule has 1 rings (SSSR count). The maximum atomic E-state index is 11.4. The SMILES string of the molecule is CCCC(NC(=O)NCCc1ncon1)C(=O)O. The van der Waals surface area contributed by atoms with Crippen LogP contribution in [-0.2, 0) is 11.2 Å². The molecular formula is C10H16N4O4. The van der Waals surface area contributed by atoms with Crippen molar-refractivity contribution in [3.05, 3.63) is 12.2 Å². The summed E-state index contributed by atoms with van der Waals surface area (Å²) in [6.45, 7) is 2.16. The molecule has 0 saturated carbocycles. The van der Waals surface area contributed by atoms with Crippen molar-refractivity contribution < 1.29 is 19.2 Å². The van der Waals surface area contributed by atoms with Crippen LogP contribution in [0.2, 0.25) is 0 Å². The third kappa shape index (κ3) is 4.81. The second-order valence-electron chi connectivity index (χ2n) is 3.68. The Morgan fingerprint density at radius 3 is 2.89 bits per heavy atom. The molecule has 0 saturated heterocycles. The zero-order valence-corrected chi connectivity index (χ0v) is 10.0. The minimum atomic E-state index is -1.04. The molecule has 0 aromatic carbocycles.